The highest BCUT2D eigenvalue weighted by atomic mass is 16.5. The molecule has 0 radical (unpaired) electrons. The van der Waals surface area contributed by atoms with Crippen LogP contribution < -0.4 is 20.1 Å². The number of anilines is 2. The minimum atomic E-state index is -0.299. The lowest BCUT2D eigenvalue weighted by molar-refractivity contribution is -0.118. The number of aryl methyl sites for hydroxylation is 1. The molecule has 3 aromatic carbocycles. The molecule has 0 atom stereocenters. The number of nitrogens with zero attached hydrogens (tertiary/aromatic N) is 2. The van der Waals surface area contributed by atoms with E-state index in [-0.39, 0.29) is 18.4 Å². The molecule has 35 heavy (non-hydrogen) atoms. The van der Waals surface area contributed by atoms with E-state index < -0.39 is 0 Å². The first-order valence-corrected chi connectivity index (χ1v) is 11.0. The van der Waals surface area contributed by atoms with Crippen LogP contribution in [0.3, 0.4) is 0 Å². The fourth-order valence-corrected chi connectivity index (χ4v) is 3.41. The van der Waals surface area contributed by atoms with Gasteiger partial charge in [0.2, 0.25) is 0 Å². The van der Waals surface area contributed by atoms with Crippen molar-refractivity contribution < 1.29 is 19.1 Å². The van der Waals surface area contributed by atoms with Crippen molar-refractivity contribution in [2.24, 2.45) is 0 Å². The Balaban J connectivity index is 1.26. The van der Waals surface area contributed by atoms with E-state index in [0.717, 1.165) is 17.9 Å². The average molecular weight is 471 g/mol. The van der Waals surface area contributed by atoms with Gasteiger partial charge >= 0.3 is 0 Å². The summed E-state index contributed by atoms with van der Waals surface area (Å²) in [5, 5.41) is 5.64. The fraction of sp³-hybridized carbons (Fsp3) is 0.148. The third-order valence-electron chi connectivity index (χ3n) is 5.33. The van der Waals surface area contributed by atoms with Gasteiger partial charge in [-0.3, -0.25) is 9.59 Å². The van der Waals surface area contributed by atoms with Crippen LogP contribution in [-0.4, -0.2) is 35.1 Å². The van der Waals surface area contributed by atoms with Crippen LogP contribution in [0.2, 0.25) is 0 Å². The second-order valence-electron chi connectivity index (χ2n) is 7.85. The Morgan fingerprint density at radius 2 is 1.69 bits per heavy atom. The van der Waals surface area contributed by atoms with Crippen LogP contribution in [-0.2, 0) is 11.3 Å². The lowest BCUT2D eigenvalue weighted by Gasteiger charge is -2.10. The number of amides is 2. The van der Waals surface area contributed by atoms with Gasteiger partial charge in [0.25, 0.3) is 11.8 Å². The molecule has 0 saturated carbocycles. The molecule has 2 N–H and O–H groups in total. The fourth-order valence-electron chi connectivity index (χ4n) is 3.41. The molecular weight excluding hydrogens is 444 g/mol. The van der Waals surface area contributed by atoms with Crippen molar-refractivity contribution in [3.8, 4) is 11.5 Å². The highest BCUT2D eigenvalue weighted by Crippen LogP contribution is 2.18. The lowest BCUT2D eigenvalue weighted by atomic mass is 10.1. The number of aromatic nitrogens is 2. The summed E-state index contributed by atoms with van der Waals surface area (Å²) in [6.45, 7) is 2.52. The van der Waals surface area contributed by atoms with E-state index in [1.54, 1.807) is 61.8 Å². The molecule has 4 rings (SSSR count). The number of nitrogens with one attached hydrogen (secondary N) is 2. The maximum absolute atomic E-state index is 12.6. The first-order chi connectivity index (χ1) is 17.0. The van der Waals surface area contributed by atoms with E-state index in [2.05, 4.69) is 20.2 Å². The van der Waals surface area contributed by atoms with Crippen LogP contribution in [0.25, 0.3) is 0 Å². The summed E-state index contributed by atoms with van der Waals surface area (Å²) in [6.07, 6.45) is 3.71. The standard InChI is InChI=1S/C27H26N4O4/c1-19-28-14-15-31(19)17-20-6-10-22(11-7-20)30-27(33)21-8-12-24(13-9-21)35-18-26(32)29-23-4-3-5-25(16-23)34-2/h3-16H,17-18H2,1-2H3,(H,29,32)(H,30,33). The molecule has 4 aromatic rings. The maximum atomic E-state index is 12.6. The zero-order valence-corrected chi connectivity index (χ0v) is 19.5. The third kappa shape index (κ3) is 6.48. The molecular formula is C27H26N4O4. The molecule has 0 saturated heterocycles. The Kier molecular flexibility index (Phi) is 7.42. The minimum absolute atomic E-state index is 0.159. The molecule has 0 bridgehead atoms. The highest BCUT2D eigenvalue weighted by molar-refractivity contribution is 6.04. The van der Waals surface area contributed by atoms with E-state index >= 15 is 0 Å². The van der Waals surface area contributed by atoms with Gasteiger partial charge in [-0.1, -0.05) is 18.2 Å². The monoisotopic (exact) mass is 470 g/mol. The van der Waals surface area contributed by atoms with Crippen molar-refractivity contribution in [3.05, 3.63) is 102 Å². The molecule has 8 nitrogen and oxygen atoms in total. The highest BCUT2D eigenvalue weighted by Gasteiger charge is 2.09. The van der Waals surface area contributed by atoms with Crippen molar-refractivity contribution in [2.75, 3.05) is 24.4 Å². The summed E-state index contributed by atoms with van der Waals surface area (Å²) in [5.74, 6) is 1.56. The van der Waals surface area contributed by atoms with E-state index in [1.807, 2.05) is 37.4 Å². The van der Waals surface area contributed by atoms with Gasteiger partial charge in [-0.2, -0.15) is 0 Å². The molecule has 1 aromatic heterocycles. The van der Waals surface area contributed by atoms with Crippen molar-refractivity contribution >= 4 is 23.2 Å². The third-order valence-corrected chi connectivity index (χ3v) is 5.33. The number of imidazole rings is 1. The number of benzene rings is 3. The Morgan fingerprint density at radius 1 is 0.914 bits per heavy atom. The number of carbonyl (C=O) groups excluding carboxylic acids is 2. The van der Waals surface area contributed by atoms with Gasteiger partial charge < -0.3 is 24.7 Å². The van der Waals surface area contributed by atoms with Crippen LogP contribution in [0.15, 0.2) is 85.2 Å². The largest absolute Gasteiger partial charge is 0.497 e. The van der Waals surface area contributed by atoms with Gasteiger partial charge in [0.1, 0.15) is 17.3 Å². The quantitative estimate of drug-likeness (QED) is 0.375. The Hall–Kier alpha value is -4.59. The zero-order chi connectivity index (χ0) is 24.6. The Bertz CT molecular complexity index is 1300. The maximum Gasteiger partial charge on any atom is 0.262 e. The number of carbonyl (C=O) groups is 2. The molecule has 0 aliphatic carbocycles. The average Bonchev–Trinajstić information content (AvgIpc) is 3.28. The number of methoxy groups -OCH3 is 1. The van der Waals surface area contributed by atoms with Crippen LogP contribution >= 0.6 is 0 Å². The number of hydrogen-bond acceptors (Lipinski definition) is 5. The van der Waals surface area contributed by atoms with Gasteiger partial charge in [-0.25, -0.2) is 4.98 Å². The normalized spacial score (nSPS) is 10.5. The molecule has 1 heterocycles. The smallest absolute Gasteiger partial charge is 0.262 e. The van der Waals surface area contributed by atoms with Crippen molar-refractivity contribution in [1.82, 2.24) is 9.55 Å². The second-order valence-corrected chi connectivity index (χ2v) is 7.85. The summed E-state index contributed by atoms with van der Waals surface area (Å²) in [5.41, 5.74) is 2.92. The molecule has 0 unspecified atom stereocenters. The van der Waals surface area contributed by atoms with E-state index in [0.29, 0.717) is 28.4 Å². The SMILES string of the molecule is COc1cccc(NC(=O)COc2ccc(C(=O)Nc3ccc(Cn4ccnc4C)cc3)cc2)c1. The van der Waals surface area contributed by atoms with E-state index in [9.17, 15) is 9.59 Å². The summed E-state index contributed by atoms with van der Waals surface area (Å²) < 4.78 is 12.7. The van der Waals surface area contributed by atoms with Crippen LogP contribution in [0.1, 0.15) is 21.7 Å². The van der Waals surface area contributed by atoms with Crippen molar-refractivity contribution in [1.29, 1.82) is 0 Å². The van der Waals surface area contributed by atoms with Gasteiger partial charge in [0, 0.05) is 41.9 Å². The van der Waals surface area contributed by atoms with Gasteiger partial charge in [0.15, 0.2) is 6.61 Å². The molecule has 0 aliphatic heterocycles. The topological polar surface area (TPSA) is 94.5 Å². The van der Waals surface area contributed by atoms with Crippen LogP contribution in [0.5, 0.6) is 11.5 Å². The van der Waals surface area contributed by atoms with Crippen molar-refractivity contribution in [2.45, 2.75) is 13.5 Å². The first kappa shape index (κ1) is 23.6. The zero-order valence-electron chi connectivity index (χ0n) is 19.5. The van der Waals surface area contributed by atoms with Gasteiger partial charge in [-0.05, 0) is 61.0 Å². The predicted molar refractivity (Wildman–Crippen MR) is 134 cm³/mol. The summed E-state index contributed by atoms with van der Waals surface area (Å²) in [6, 6.07) is 21.4. The first-order valence-electron chi connectivity index (χ1n) is 11.0. The van der Waals surface area contributed by atoms with Crippen molar-refractivity contribution in [3.63, 3.8) is 0 Å². The predicted octanol–water partition coefficient (Wildman–Crippen LogP) is 4.52. The molecule has 178 valence electrons. The number of hydrogen-bond donors (Lipinski definition) is 2. The molecule has 2 amide bonds. The van der Waals surface area contributed by atoms with E-state index in [4.69, 9.17) is 9.47 Å². The summed E-state index contributed by atoms with van der Waals surface area (Å²) >= 11 is 0. The molecule has 0 spiro atoms. The summed E-state index contributed by atoms with van der Waals surface area (Å²) in [4.78, 5) is 29.0. The molecule has 0 aliphatic rings. The van der Waals surface area contributed by atoms with Crippen LogP contribution in [0, 0.1) is 6.92 Å². The van der Waals surface area contributed by atoms with Crippen LogP contribution in [0.4, 0.5) is 11.4 Å². The lowest BCUT2D eigenvalue weighted by Crippen LogP contribution is -2.20. The molecule has 8 heteroatoms. The number of ether oxygens (including phenoxy) is 2. The van der Waals surface area contributed by atoms with Gasteiger partial charge in [-0.15, -0.1) is 0 Å². The van der Waals surface area contributed by atoms with Gasteiger partial charge in [0.05, 0.1) is 7.11 Å². The minimum Gasteiger partial charge on any atom is -0.497 e. The number of rotatable bonds is 9. The second kappa shape index (κ2) is 11.0. The Morgan fingerprint density at radius 3 is 2.37 bits per heavy atom. The Labute approximate surface area is 203 Å². The molecule has 0 fully saturated rings. The van der Waals surface area contributed by atoms with E-state index in [1.165, 1.54) is 0 Å². The summed E-state index contributed by atoms with van der Waals surface area (Å²) in [7, 11) is 1.56.